The normalized spacial score (nSPS) is 11.3. The van der Waals surface area contributed by atoms with E-state index < -0.39 is 18.7 Å². The third-order valence-corrected chi connectivity index (χ3v) is 2.71. The van der Waals surface area contributed by atoms with Crippen molar-refractivity contribution in [3.05, 3.63) is 11.1 Å². The summed E-state index contributed by atoms with van der Waals surface area (Å²) in [7, 11) is 2.45. The van der Waals surface area contributed by atoms with Gasteiger partial charge in [-0.15, -0.1) is 0 Å². The van der Waals surface area contributed by atoms with Gasteiger partial charge in [0.05, 0.1) is 13.3 Å². The summed E-state index contributed by atoms with van der Waals surface area (Å²) < 4.78 is 40.6. The average Bonchev–Trinajstić information content (AvgIpc) is 2.62. The lowest BCUT2D eigenvalue weighted by Gasteiger charge is -2.17. The molecule has 0 aromatic carbocycles. The second-order valence-corrected chi connectivity index (χ2v) is 3.98. The zero-order valence-corrected chi connectivity index (χ0v) is 9.35. The van der Waals surface area contributed by atoms with Gasteiger partial charge >= 0.3 is 12.1 Å². The minimum atomic E-state index is -4.30. The van der Waals surface area contributed by atoms with Gasteiger partial charge in [0, 0.05) is 7.05 Å². The van der Waals surface area contributed by atoms with Crippen LogP contribution in [0.25, 0.3) is 0 Å². The first-order chi connectivity index (χ1) is 7.33. The Morgan fingerprint density at radius 1 is 1.62 bits per heavy atom. The lowest BCUT2D eigenvalue weighted by molar-refractivity contribution is -0.119. The van der Waals surface area contributed by atoms with Crippen LogP contribution in [0.4, 0.5) is 18.3 Å². The molecule has 8 heteroatoms. The van der Waals surface area contributed by atoms with Gasteiger partial charge in [0.15, 0.2) is 5.13 Å². The molecule has 0 atom stereocenters. The highest BCUT2D eigenvalue weighted by molar-refractivity contribution is 7.17. The number of nitrogens with zero attached hydrogens (tertiary/aromatic N) is 2. The predicted molar refractivity (Wildman–Crippen MR) is 52.8 cm³/mol. The highest BCUT2D eigenvalue weighted by Gasteiger charge is 2.30. The Morgan fingerprint density at radius 3 is 2.75 bits per heavy atom. The number of hydrogen-bond acceptors (Lipinski definition) is 5. The maximum Gasteiger partial charge on any atom is 0.405 e. The molecular weight excluding hydrogens is 245 g/mol. The Morgan fingerprint density at radius 2 is 2.25 bits per heavy atom. The molecule has 0 saturated carbocycles. The molecule has 0 bridgehead atoms. The number of ether oxygens (including phenoxy) is 1. The molecule has 0 aliphatic heterocycles. The quantitative estimate of drug-likeness (QED) is 0.773. The smallest absolute Gasteiger partial charge is 0.405 e. The summed E-state index contributed by atoms with van der Waals surface area (Å²) in [6.07, 6.45) is -3.11. The Balaban J connectivity index is 2.74. The van der Waals surface area contributed by atoms with Gasteiger partial charge in [0.1, 0.15) is 11.4 Å². The molecule has 0 N–H and O–H groups in total. The molecule has 90 valence electrons. The first-order valence-corrected chi connectivity index (χ1v) is 4.97. The van der Waals surface area contributed by atoms with Crippen molar-refractivity contribution in [2.24, 2.45) is 0 Å². The van der Waals surface area contributed by atoms with E-state index in [1.54, 1.807) is 0 Å². The maximum atomic E-state index is 12.1. The minimum Gasteiger partial charge on any atom is -0.465 e. The van der Waals surface area contributed by atoms with E-state index in [9.17, 15) is 18.0 Å². The SMILES string of the molecule is COC(=O)c1cnc(N(C)CC(F)(F)F)s1. The van der Waals surface area contributed by atoms with Crippen molar-refractivity contribution < 1.29 is 22.7 Å². The summed E-state index contributed by atoms with van der Waals surface area (Å²) in [6.45, 7) is -1.11. The zero-order chi connectivity index (χ0) is 12.3. The van der Waals surface area contributed by atoms with E-state index in [4.69, 9.17) is 0 Å². The van der Waals surface area contributed by atoms with Gasteiger partial charge in [0.25, 0.3) is 0 Å². The average molecular weight is 254 g/mol. The number of rotatable bonds is 3. The van der Waals surface area contributed by atoms with Crippen LogP contribution < -0.4 is 4.90 Å². The van der Waals surface area contributed by atoms with Crippen molar-refractivity contribution in [2.45, 2.75) is 6.18 Å². The first kappa shape index (κ1) is 12.8. The van der Waals surface area contributed by atoms with E-state index in [1.165, 1.54) is 20.4 Å². The van der Waals surface area contributed by atoms with E-state index in [1.807, 2.05) is 0 Å². The Hall–Kier alpha value is -1.31. The number of carbonyl (C=O) groups excluding carboxylic acids is 1. The molecule has 1 aromatic heterocycles. The molecule has 0 aliphatic rings. The van der Waals surface area contributed by atoms with Crippen LogP contribution in [-0.4, -0.2) is 37.8 Å². The monoisotopic (exact) mass is 254 g/mol. The molecule has 1 heterocycles. The maximum absolute atomic E-state index is 12.1. The van der Waals surface area contributed by atoms with Crippen LogP contribution in [0, 0.1) is 0 Å². The number of hydrogen-bond donors (Lipinski definition) is 0. The molecule has 0 fully saturated rings. The fraction of sp³-hybridized carbons (Fsp3) is 0.500. The number of esters is 1. The molecule has 1 rings (SSSR count). The summed E-state index contributed by atoms with van der Waals surface area (Å²) in [5, 5.41) is 0.123. The second-order valence-electron chi connectivity index (χ2n) is 2.97. The summed E-state index contributed by atoms with van der Waals surface area (Å²) in [5.41, 5.74) is 0. The number of thiazole rings is 1. The van der Waals surface area contributed by atoms with Crippen molar-refractivity contribution in [2.75, 3.05) is 25.6 Å². The molecule has 0 aliphatic carbocycles. The lowest BCUT2D eigenvalue weighted by atomic mass is 10.5. The van der Waals surface area contributed by atoms with E-state index >= 15 is 0 Å². The molecule has 16 heavy (non-hydrogen) atoms. The van der Waals surface area contributed by atoms with E-state index in [0.29, 0.717) is 0 Å². The molecule has 4 nitrogen and oxygen atoms in total. The number of alkyl halides is 3. The van der Waals surface area contributed by atoms with Gasteiger partial charge in [-0.05, 0) is 0 Å². The minimum absolute atomic E-state index is 0.123. The second kappa shape index (κ2) is 4.69. The van der Waals surface area contributed by atoms with Gasteiger partial charge in [-0.2, -0.15) is 13.2 Å². The van der Waals surface area contributed by atoms with Crippen LogP contribution >= 0.6 is 11.3 Å². The standard InChI is InChI=1S/C8H9F3N2O2S/c1-13(4-8(9,10)11)7-12-3-5(16-7)6(14)15-2/h3H,4H2,1-2H3. The number of anilines is 1. The van der Waals surface area contributed by atoms with E-state index in [2.05, 4.69) is 9.72 Å². The number of aromatic nitrogens is 1. The van der Waals surface area contributed by atoms with Crippen LogP contribution in [0.2, 0.25) is 0 Å². The molecule has 0 amide bonds. The molecular formula is C8H9F3N2O2S. The van der Waals surface area contributed by atoms with Crippen LogP contribution in [0.3, 0.4) is 0 Å². The van der Waals surface area contributed by atoms with Crippen LogP contribution in [0.1, 0.15) is 9.67 Å². The summed E-state index contributed by atoms with van der Waals surface area (Å²) in [5.74, 6) is -0.607. The van der Waals surface area contributed by atoms with Crippen LogP contribution in [-0.2, 0) is 4.74 Å². The number of carbonyl (C=O) groups is 1. The van der Waals surface area contributed by atoms with Crippen molar-refractivity contribution in [1.82, 2.24) is 4.98 Å². The fourth-order valence-electron chi connectivity index (χ4n) is 0.973. The van der Waals surface area contributed by atoms with Gasteiger partial charge in [-0.25, -0.2) is 9.78 Å². The summed E-state index contributed by atoms with van der Waals surface area (Å²) in [6, 6.07) is 0. The van der Waals surface area contributed by atoms with Crippen molar-refractivity contribution in [3.63, 3.8) is 0 Å². The van der Waals surface area contributed by atoms with Crippen molar-refractivity contribution >= 4 is 22.4 Å². The predicted octanol–water partition coefficient (Wildman–Crippen LogP) is 1.93. The molecule has 0 saturated heterocycles. The van der Waals surface area contributed by atoms with Crippen LogP contribution in [0.15, 0.2) is 6.20 Å². The summed E-state index contributed by atoms with van der Waals surface area (Å²) in [4.78, 5) is 15.9. The van der Waals surface area contributed by atoms with Gasteiger partial charge in [0.2, 0.25) is 0 Å². The number of halogens is 3. The van der Waals surface area contributed by atoms with Gasteiger partial charge in [-0.1, -0.05) is 11.3 Å². The highest BCUT2D eigenvalue weighted by atomic mass is 32.1. The highest BCUT2D eigenvalue weighted by Crippen LogP contribution is 2.25. The zero-order valence-electron chi connectivity index (χ0n) is 8.54. The topological polar surface area (TPSA) is 42.4 Å². The Bertz CT molecular complexity index is 378. The van der Waals surface area contributed by atoms with Crippen molar-refractivity contribution in [3.8, 4) is 0 Å². The summed E-state index contributed by atoms with van der Waals surface area (Å²) >= 11 is 0.855. The number of methoxy groups -OCH3 is 1. The van der Waals surface area contributed by atoms with Crippen molar-refractivity contribution in [1.29, 1.82) is 0 Å². The van der Waals surface area contributed by atoms with Gasteiger partial charge < -0.3 is 9.64 Å². The third kappa shape index (κ3) is 3.37. The molecule has 1 aromatic rings. The van der Waals surface area contributed by atoms with Gasteiger partial charge in [-0.3, -0.25) is 0 Å². The molecule has 0 unspecified atom stereocenters. The van der Waals surface area contributed by atoms with E-state index in [-0.39, 0.29) is 10.0 Å². The molecule has 0 spiro atoms. The van der Waals surface area contributed by atoms with E-state index in [0.717, 1.165) is 16.2 Å². The molecule has 0 radical (unpaired) electrons. The lowest BCUT2D eigenvalue weighted by Crippen LogP contribution is -2.30. The Kier molecular flexibility index (Phi) is 3.74. The Labute approximate surface area is 93.6 Å². The fourth-order valence-corrected chi connectivity index (χ4v) is 1.77. The first-order valence-electron chi connectivity index (χ1n) is 4.15. The third-order valence-electron chi connectivity index (χ3n) is 1.62. The van der Waals surface area contributed by atoms with Crippen LogP contribution in [0.5, 0.6) is 0 Å². The largest absolute Gasteiger partial charge is 0.465 e.